The van der Waals surface area contributed by atoms with Crippen molar-refractivity contribution in [2.45, 2.75) is 6.18 Å². The summed E-state index contributed by atoms with van der Waals surface area (Å²) >= 11 is 7.08. The summed E-state index contributed by atoms with van der Waals surface area (Å²) in [6.45, 7) is 0. The van der Waals surface area contributed by atoms with Gasteiger partial charge in [0.05, 0.1) is 16.9 Å². The van der Waals surface area contributed by atoms with E-state index in [-0.39, 0.29) is 5.95 Å². The summed E-state index contributed by atoms with van der Waals surface area (Å²) in [6, 6.07) is 5.08. The molecule has 0 unspecified atom stereocenters. The van der Waals surface area contributed by atoms with Crippen LogP contribution in [0.1, 0.15) is 5.56 Å². The summed E-state index contributed by atoms with van der Waals surface area (Å²) in [5.74, 6) is 0.0197. The molecule has 1 N–H and O–H groups in total. The van der Waals surface area contributed by atoms with Crippen molar-refractivity contribution in [3.05, 3.63) is 46.7 Å². The maximum atomic E-state index is 12.6. The lowest BCUT2D eigenvalue weighted by atomic mass is 10.2. The smallest absolute Gasteiger partial charge is 0.323 e. The van der Waals surface area contributed by atoms with Crippen LogP contribution in [0.2, 0.25) is 4.34 Å². The molecule has 4 aromatic rings. The standard InChI is InChI=1S/C15H7ClF3N7S/c16-12-11(25-26-27-12)10-2-1-8-9(3-4-20-13(8)23-10)24-14-21-5-7(6-22-14)15(17,18)19/h1-6H,(H,20,21,22,23,24). The second-order valence-electron chi connectivity index (χ2n) is 5.24. The lowest BCUT2D eigenvalue weighted by Crippen LogP contribution is -2.07. The summed E-state index contributed by atoms with van der Waals surface area (Å²) in [7, 11) is 0. The van der Waals surface area contributed by atoms with Crippen molar-refractivity contribution in [3.8, 4) is 11.4 Å². The number of alkyl halides is 3. The van der Waals surface area contributed by atoms with Crippen LogP contribution in [0.4, 0.5) is 24.8 Å². The monoisotopic (exact) mass is 409 g/mol. The number of rotatable bonds is 3. The minimum atomic E-state index is -4.49. The Morgan fingerprint density at radius 2 is 1.81 bits per heavy atom. The predicted molar refractivity (Wildman–Crippen MR) is 93.8 cm³/mol. The molecule has 0 spiro atoms. The molecule has 0 saturated carbocycles. The number of nitrogens with zero attached hydrogens (tertiary/aromatic N) is 6. The zero-order valence-corrected chi connectivity index (χ0v) is 14.6. The fourth-order valence-corrected chi connectivity index (χ4v) is 2.91. The number of hydrogen-bond acceptors (Lipinski definition) is 8. The summed E-state index contributed by atoms with van der Waals surface area (Å²) < 4.78 is 42.0. The number of pyridine rings is 2. The van der Waals surface area contributed by atoms with Gasteiger partial charge in [-0.2, -0.15) is 13.2 Å². The zero-order chi connectivity index (χ0) is 19.0. The fraction of sp³-hybridized carbons (Fsp3) is 0.0667. The molecule has 12 heteroatoms. The maximum Gasteiger partial charge on any atom is 0.419 e. The van der Waals surface area contributed by atoms with Crippen LogP contribution in [0.3, 0.4) is 0 Å². The van der Waals surface area contributed by atoms with Gasteiger partial charge in [0.1, 0.15) is 10.0 Å². The summed E-state index contributed by atoms with van der Waals surface area (Å²) in [4.78, 5) is 16.0. The highest BCUT2D eigenvalue weighted by atomic mass is 35.5. The highest BCUT2D eigenvalue weighted by molar-refractivity contribution is 7.10. The van der Waals surface area contributed by atoms with Crippen LogP contribution in [0.25, 0.3) is 22.4 Å². The molecule has 27 heavy (non-hydrogen) atoms. The first-order valence-electron chi connectivity index (χ1n) is 7.32. The summed E-state index contributed by atoms with van der Waals surface area (Å²) in [6.07, 6.45) is -1.56. The molecule has 4 rings (SSSR count). The van der Waals surface area contributed by atoms with Crippen LogP contribution in [0, 0.1) is 0 Å². The second kappa shape index (κ2) is 6.67. The van der Waals surface area contributed by atoms with Gasteiger partial charge in [-0.15, -0.1) is 5.10 Å². The van der Waals surface area contributed by atoms with Crippen LogP contribution in [0.5, 0.6) is 0 Å². The molecule has 0 aliphatic rings. The van der Waals surface area contributed by atoms with Crippen LogP contribution < -0.4 is 5.32 Å². The van der Waals surface area contributed by atoms with Crippen molar-refractivity contribution in [1.29, 1.82) is 0 Å². The number of anilines is 2. The molecule has 0 fully saturated rings. The lowest BCUT2D eigenvalue weighted by Gasteiger charge is -2.09. The van der Waals surface area contributed by atoms with Crippen molar-refractivity contribution in [1.82, 2.24) is 29.5 Å². The van der Waals surface area contributed by atoms with E-state index in [0.717, 1.165) is 11.5 Å². The first kappa shape index (κ1) is 17.5. The molecule has 0 saturated heterocycles. The molecule has 0 radical (unpaired) electrons. The van der Waals surface area contributed by atoms with Gasteiger partial charge in [-0.05, 0) is 18.2 Å². The first-order chi connectivity index (χ1) is 12.9. The van der Waals surface area contributed by atoms with Gasteiger partial charge in [-0.25, -0.2) is 19.9 Å². The van der Waals surface area contributed by atoms with Crippen molar-refractivity contribution < 1.29 is 13.2 Å². The Morgan fingerprint density at radius 3 is 2.48 bits per heavy atom. The van der Waals surface area contributed by atoms with Crippen molar-refractivity contribution >= 4 is 45.8 Å². The number of fused-ring (bicyclic) bond motifs is 1. The third-order valence-electron chi connectivity index (χ3n) is 3.52. The van der Waals surface area contributed by atoms with Crippen LogP contribution in [-0.2, 0) is 6.18 Å². The van der Waals surface area contributed by atoms with Crippen LogP contribution in [0.15, 0.2) is 36.8 Å². The number of halogens is 4. The SMILES string of the molecule is FC(F)(F)c1cnc(Nc2ccnc3nc(-c4nnsc4Cl)ccc23)nc1. The van der Waals surface area contributed by atoms with Gasteiger partial charge >= 0.3 is 6.18 Å². The minimum absolute atomic E-state index is 0.0197. The van der Waals surface area contributed by atoms with Crippen molar-refractivity contribution in [2.24, 2.45) is 0 Å². The van der Waals surface area contributed by atoms with E-state index in [0.29, 0.717) is 44.8 Å². The van der Waals surface area contributed by atoms with Gasteiger partial charge < -0.3 is 5.32 Å². The molecule has 0 amide bonds. The van der Waals surface area contributed by atoms with Gasteiger partial charge in [-0.1, -0.05) is 16.1 Å². The predicted octanol–water partition coefficient (Wildman–Crippen LogP) is 4.35. The van der Waals surface area contributed by atoms with Gasteiger partial charge in [0.15, 0.2) is 5.65 Å². The Kier molecular flexibility index (Phi) is 4.32. The van der Waals surface area contributed by atoms with Gasteiger partial charge in [0, 0.05) is 35.5 Å². The molecule has 7 nitrogen and oxygen atoms in total. The quantitative estimate of drug-likeness (QED) is 0.537. The number of nitrogens with one attached hydrogen (secondary N) is 1. The van der Waals surface area contributed by atoms with E-state index in [1.807, 2.05) is 0 Å². The van der Waals surface area contributed by atoms with Gasteiger partial charge in [-0.3, -0.25) is 0 Å². The van der Waals surface area contributed by atoms with Gasteiger partial charge in [0.25, 0.3) is 0 Å². The van der Waals surface area contributed by atoms with E-state index in [2.05, 4.69) is 34.8 Å². The Balaban J connectivity index is 1.67. The van der Waals surface area contributed by atoms with E-state index in [1.54, 1.807) is 18.2 Å². The van der Waals surface area contributed by atoms with Gasteiger partial charge in [0.2, 0.25) is 5.95 Å². The molecule has 0 bridgehead atoms. The van der Waals surface area contributed by atoms with Crippen LogP contribution >= 0.6 is 23.1 Å². The highest BCUT2D eigenvalue weighted by Gasteiger charge is 2.31. The van der Waals surface area contributed by atoms with Crippen molar-refractivity contribution in [3.63, 3.8) is 0 Å². The zero-order valence-electron chi connectivity index (χ0n) is 13.1. The van der Waals surface area contributed by atoms with E-state index in [1.165, 1.54) is 6.20 Å². The topological polar surface area (TPSA) is 89.4 Å². The average molecular weight is 410 g/mol. The molecule has 4 aromatic heterocycles. The molecule has 136 valence electrons. The largest absolute Gasteiger partial charge is 0.419 e. The first-order valence-corrected chi connectivity index (χ1v) is 8.47. The minimum Gasteiger partial charge on any atom is -0.323 e. The Morgan fingerprint density at radius 1 is 1.04 bits per heavy atom. The second-order valence-corrected chi connectivity index (χ2v) is 6.60. The van der Waals surface area contributed by atoms with E-state index < -0.39 is 11.7 Å². The Labute approximate surface area is 158 Å². The Hall–Kier alpha value is -2.92. The number of aromatic nitrogens is 6. The average Bonchev–Trinajstić information content (AvgIpc) is 3.07. The van der Waals surface area contributed by atoms with Crippen molar-refractivity contribution in [2.75, 3.05) is 5.32 Å². The maximum absolute atomic E-state index is 12.6. The molecule has 0 aliphatic carbocycles. The fourth-order valence-electron chi connectivity index (χ4n) is 2.26. The normalized spacial score (nSPS) is 11.7. The van der Waals surface area contributed by atoms with E-state index in [4.69, 9.17) is 11.6 Å². The Bertz CT molecular complexity index is 1110. The molecular weight excluding hydrogens is 403 g/mol. The van der Waals surface area contributed by atoms with E-state index in [9.17, 15) is 13.2 Å². The lowest BCUT2D eigenvalue weighted by molar-refractivity contribution is -0.138. The third kappa shape index (κ3) is 3.51. The molecule has 0 atom stereocenters. The third-order valence-corrected chi connectivity index (χ3v) is 4.42. The number of hydrogen-bond donors (Lipinski definition) is 1. The molecule has 0 aromatic carbocycles. The highest BCUT2D eigenvalue weighted by Crippen LogP contribution is 2.31. The summed E-state index contributed by atoms with van der Waals surface area (Å²) in [5.41, 5.74) is 0.981. The molecular formula is C15H7ClF3N7S. The molecule has 0 aliphatic heterocycles. The van der Waals surface area contributed by atoms with Crippen LogP contribution in [-0.4, -0.2) is 29.5 Å². The molecule has 4 heterocycles. The van der Waals surface area contributed by atoms with E-state index >= 15 is 0 Å². The summed E-state index contributed by atoms with van der Waals surface area (Å²) in [5, 5.41) is 7.43.